The van der Waals surface area contributed by atoms with E-state index in [1.807, 2.05) is 6.26 Å². The van der Waals surface area contributed by atoms with E-state index < -0.39 is 5.82 Å². The van der Waals surface area contributed by atoms with Crippen molar-refractivity contribution in [3.8, 4) is 0 Å². The van der Waals surface area contributed by atoms with Gasteiger partial charge < -0.3 is 5.32 Å². The molecule has 82 valence electrons. The summed E-state index contributed by atoms with van der Waals surface area (Å²) in [5, 5.41) is 5.82. The quantitative estimate of drug-likeness (QED) is 0.599. The highest BCUT2D eigenvalue weighted by molar-refractivity contribution is 7.98. The monoisotopic (exact) mass is 228 g/mol. The molecule has 0 aliphatic carbocycles. The van der Waals surface area contributed by atoms with Crippen molar-refractivity contribution in [3.05, 3.63) is 28.9 Å². The second-order valence-corrected chi connectivity index (χ2v) is 4.01. The Kier molecular flexibility index (Phi) is 5.10. The van der Waals surface area contributed by atoms with E-state index in [2.05, 4.69) is 10.5 Å². The molecular formula is C10H13FN2OS. The van der Waals surface area contributed by atoms with Crippen LogP contribution in [0.3, 0.4) is 0 Å². The van der Waals surface area contributed by atoms with Crippen LogP contribution in [-0.2, 0) is 0 Å². The standard InChI is InChI=1S/C10H13FN2OS/c1-15-6-2-5-12-9-4-3-8(11)7-10(9)13-14/h3-4,7,12H,2,5-6H2,1H3. The molecule has 0 amide bonds. The first kappa shape index (κ1) is 12.0. The molecule has 0 aliphatic heterocycles. The topological polar surface area (TPSA) is 41.5 Å². The van der Waals surface area contributed by atoms with E-state index in [1.54, 1.807) is 11.8 Å². The summed E-state index contributed by atoms with van der Waals surface area (Å²) in [5.74, 6) is 0.608. The third kappa shape index (κ3) is 3.87. The van der Waals surface area contributed by atoms with Crippen LogP contribution in [0.2, 0.25) is 0 Å². The molecule has 1 aromatic rings. The highest BCUT2D eigenvalue weighted by Crippen LogP contribution is 2.25. The van der Waals surface area contributed by atoms with Gasteiger partial charge in [-0.3, -0.25) is 0 Å². The van der Waals surface area contributed by atoms with Crippen LogP contribution in [0.4, 0.5) is 15.8 Å². The summed E-state index contributed by atoms with van der Waals surface area (Å²) in [4.78, 5) is 10.4. The van der Waals surface area contributed by atoms with Gasteiger partial charge in [0.1, 0.15) is 11.5 Å². The highest BCUT2D eigenvalue weighted by atomic mass is 32.2. The van der Waals surface area contributed by atoms with Gasteiger partial charge in [0.05, 0.1) is 5.69 Å². The molecule has 1 rings (SSSR count). The number of nitroso groups, excluding NO2 is 1. The third-order valence-electron chi connectivity index (χ3n) is 1.90. The molecule has 0 bridgehead atoms. The maximum absolute atomic E-state index is 12.7. The predicted octanol–water partition coefficient (Wildman–Crippen LogP) is 3.39. The number of anilines is 1. The maximum atomic E-state index is 12.7. The van der Waals surface area contributed by atoms with Crippen molar-refractivity contribution in [3.63, 3.8) is 0 Å². The van der Waals surface area contributed by atoms with Gasteiger partial charge in [-0.2, -0.15) is 11.8 Å². The Hall–Kier alpha value is -1.10. The Morgan fingerprint density at radius 2 is 2.33 bits per heavy atom. The molecule has 5 heteroatoms. The number of thioether (sulfide) groups is 1. The SMILES string of the molecule is CSCCCNc1ccc(F)cc1N=O. The molecule has 0 aliphatic rings. The van der Waals surface area contributed by atoms with Gasteiger partial charge in [-0.05, 0) is 35.7 Å². The molecule has 0 heterocycles. The van der Waals surface area contributed by atoms with Crippen LogP contribution in [0.15, 0.2) is 23.4 Å². The van der Waals surface area contributed by atoms with Crippen LogP contribution < -0.4 is 5.32 Å². The van der Waals surface area contributed by atoms with E-state index in [4.69, 9.17) is 0 Å². The molecular weight excluding hydrogens is 215 g/mol. The third-order valence-corrected chi connectivity index (χ3v) is 2.60. The van der Waals surface area contributed by atoms with E-state index in [0.717, 1.165) is 24.8 Å². The van der Waals surface area contributed by atoms with E-state index in [1.165, 1.54) is 12.1 Å². The normalized spacial score (nSPS) is 10.0. The molecule has 1 aromatic carbocycles. The van der Waals surface area contributed by atoms with Crippen molar-refractivity contribution in [2.24, 2.45) is 5.18 Å². The Balaban J connectivity index is 2.56. The first-order chi connectivity index (χ1) is 7.27. The van der Waals surface area contributed by atoms with E-state index in [9.17, 15) is 9.30 Å². The fourth-order valence-electron chi connectivity index (χ4n) is 1.17. The minimum absolute atomic E-state index is 0.124. The van der Waals surface area contributed by atoms with Crippen LogP contribution in [0, 0.1) is 10.7 Å². The fourth-order valence-corrected chi connectivity index (χ4v) is 1.60. The molecule has 0 atom stereocenters. The van der Waals surface area contributed by atoms with Crippen molar-refractivity contribution in [1.82, 2.24) is 0 Å². The molecule has 0 saturated carbocycles. The second-order valence-electron chi connectivity index (χ2n) is 3.03. The van der Waals surface area contributed by atoms with Crippen molar-refractivity contribution in [2.75, 3.05) is 23.9 Å². The molecule has 3 nitrogen and oxygen atoms in total. The maximum Gasteiger partial charge on any atom is 0.133 e. The Morgan fingerprint density at radius 3 is 3.00 bits per heavy atom. The highest BCUT2D eigenvalue weighted by Gasteiger charge is 2.03. The van der Waals surface area contributed by atoms with Gasteiger partial charge in [-0.1, -0.05) is 0 Å². The Labute approximate surface area is 92.4 Å². The van der Waals surface area contributed by atoms with Crippen molar-refractivity contribution in [2.45, 2.75) is 6.42 Å². The number of halogens is 1. The summed E-state index contributed by atoms with van der Waals surface area (Å²) in [6, 6.07) is 3.97. The molecule has 0 unspecified atom stereocenters. The van der Waals surface area contributed by atoms with Gasteiger partial charge in [-0.15, -0.1) is 4.91 Å². The minimum atomic E-state index is -0.445. The first-order valence-corrected chi connectivity index (χ1v) is 6.03. The van der Waals surface area contributed by atoms with E-state index in [0.29, 0.717) is 5.69 Å². The lowest BCUT2D eigenvalue weighted by Crippen LogP contribution is -2.02. The summed E-state index contributed by atoms with van der Waals surface area (Å²) in [6.45, 7) is 0.759. The van der Waals surface area contributed by atoms with Crippen molar-refractivity contribution >= 4 is 23.1 Å². The van der Waals surface area contributed by atoms with E-state index >= 15 is 0 Å². The number of benzene rings is 1. The molecule has 1 N–H and O–H groups in total. The number of hydrogen-bond acceptors (Lipinski definition) is 4. The summed E-state index contributed by atoms with van der Waals surface area (Å²) in [6.07, 6.45) is 3.03. The van der Waals surface area contributed by atoms with Gasteiger partial charge >= 0.3 is 0 Å². The molecule has 0 fully saturated rings. The zero-order chi connectivity index (χ0) is 11.1. The first-order valence-electron chi connectivity index (χ1n) is 4.63. The number of nitrogens with zero attached hydrogens (tertiary/aromatic N) is 1. The summed E-state index contributed by atoms with van der Waals surface area (Å²) in [5.41, 5.74) is 0.714. The lowest BCUT2D eigenvalue weighted by molar-refractivity contribution is 0.628. The van der Waals surface area contributed by atoms with Gasteiger partial charge in [0.15, 0.2) is 0 Å². The fraction of sp³-hybridized carbons (Fsp3) is 0.400. The average Bonchev–Trinajstić information content (AvgIpc) is 2.26. The summed E-state index contributed by atoms with van der Waals surface area (Å²) < 4.78 is 12.7. The minimum Gasteiger partial charge on any atom is -0.383 e. The number of hydrogen-bond donors (Lipinski definition) is 1. The van der Waals surface area contributed by atoms with Crippen molar-refractivity contribution < 1.29 is 4.39 Å². The van der Waals surface area contributed by atoms with Gasteiger partial charge in [0.2, 0.25) is 0 Å². The lowest BCUT2D eigenvalue weighted by atomic mass is 10.2. The molecule has 0 radical (unpaired) electrons. The average molecular weight is 228 g/mol. The van der Waals surface area contributed by atoms with Crippen LogP contribution >= 0.6 is 11.8 Å². The zero-order valence-corrected chi connectivity index (χ0v) is 9.31. The zero-order valence-electron chi connectivity index (χ0n) is 8.50. The molecule has 0 saturated heterocycles. The summed E-state index contributed by atoms with van der Waals surface area (Å²) in [7, 11) is 0. The van der Waals surface area contributed by atoms with Crippen LogP contribution in [0.5, 0.6) is 0 Å². The number of rotatable bonds is 6. The number of nitrogens with one attached hydrogen (secondary N) is 1. The predicted molar refractivity (Wildman–Crippen MR) is 63.3 cm³/mol. The molecule has 15 heavy (non-hydrogen) atoms. The Bertz CT molecular complexity index is 333. The van der Waals surface area contributed by atoms with Crippen LogP contribution in [0.25, 0.3) is 0 Å². The van der Waals surface area contributed by atoms with Gasteiger partial charge in [0.25, 0.3) is 0 Å². The molecule has 0 aromatic heterocycles. The smallest absolute Gasteiger partial charge is 0.133 e. The Morgan fingerprint density at radius 1 is 1.53 bits per heavy atom. The largest absolute Gasteiger partial charge is 0.383 e. The van der Waals surface area contributed by atoms with E-state index in [-0.39, 0.29) is 5.69 Å². The second kappa shape index (κ2) is 6.40. The summed E-state index contributed by atoms with van der Waals surface area (Å²) >= 11 is 1.76. The lowest BCUT2D eigenvalue weighted by Gasteiger charge is -2.07. The van der Waals surface area contributed by atoms with Crippen molar-refractivity contribution in [1.29, 1.82) is 0 Å². The van der Waals surface area contributed by atoms with Gasteiger partial charge in [0, 0.05) is 12.6 Å². The van der Waals surface area contributed by atoms with Crippen LogP contribution in [-0.4, -0.2) is 18.6 Å². The van der Waals surface area contributed by atoms with Crippen LogP contribution in [0.1, 0.15) is 6.42 Å². The van der Waals surface area contributed by atoms with Gasteiger partial charge in [-0.25, -0.2) is 4.39 Å². The molecule has 0 spiro atoms.